The number of hydrogen-bond donors (Lipinski definition) is 0. The molecular formula is C20H23ClN4O2S. The summed E-state index contributed by atoms with van der Waals surface area (Å²) in [4.78, 5) is 19.8. The first-order chi connectivity index (χ1) is 13.4. The van der Waals surface area contributed by atoms with E-state index in [-0.39, 0.29) is 18.6 Å². The van der Waals surface area contributed by atoms with Crippen LogP contribution in [0.4, 0.5) is 5.13 Å². The van der Waals surface area contributed by atoms with Crippen LogP contribution in [0.3, 0.4) is 0 Å². The minimum absolute atomic E-state index is 0.0352. The Labute approximate surface area is 173 Å². The molecule has 1 saturated heterocycles. The molecule has 0 aliphatic carbocycles. The number of amides is 1. The lowest BCUT2D eigenvalue weighted by molar-refractivity contribution is -0.119. The zero-order valence-electron chi connectivity index (χ0n) is 16.2. The first-order valence-electron chi connectivity index (χ1n) is 9.41. The Morgan fingerprint density at radius 1 is 1.39 bits per heavy atom. The summed E-state index contributed by atoms with van der Waals surface area (Å²) in [6.07, 6.45) is 2.01. The molecule has 0 saturated carbocycles. The quantitative estimate of drug-likeness (QED) is 0.620. The van der Waals surface area contributed by atoms with E-state index in [1.807, 2.05) is 39.0 Å². The molecule has 8 heteroatoms. The molecule has 1 amide bonds. The van der Waals surface area contributed by atoms with Gasteiger partial charge in [0.05, 0.1) is 33.6 Å². The third kappa shape index (κ3) is 3.79. The summed E-state index contributed by atoms with van der Waals surface area (Å²) in [6, 6.07) is 5.80. The highest BCUT2D eigenvalue weighted by Gasteiger charge is 2.27. The van der Waals surface area contributed by atoms with Gasteiger partial charge in [-0.05, 0) is 51.3 Å². The van der Waals surface area contributed by atoms with Crippen molar-refractivity contribution in [2.75, 3.05) is 18.1 Å². The van der Waals surface area contributed by atoms with E-state index in [0.29, 0.717) is 16.7 Å². The van der Waals surface area contributed by atoms with Crippen LogP contribution in [0.1, 0.15) is 29.8 Å². The molecule has 1 aromatic carbocycles. The highest BCUT2D eigenvalue weighted by molar-refractivity contribution is 7.23. The second kappa shape index (κ2) is 7.81. The van der Waals surface area contributed by atoms with E-state index in [2.05, 4.69) is 5.10 Å². The first-order valence-corrected chi connectivity index (χ1v) is 10.6. The van der Waals surface area contributed by atoms with Crippen molar-refractivity contribution in [2.45, 2.75) is 46.3 Å². The van der Waals surface area contributed by atoms with Gasteiger partial charge >= 0.3 is 0 Å². The van der Waals surface area contributed by atoms with Crippen LogP contribution in [0.5, 0.6) is 0 Å². The van der Waals surface area contributed by atoms with Gasteiger partial charge < -0.3 is 4.74 Å². The molecule has 3 heterocycles. The van der Waals surface area contributed by atoms with Crippen molar-refractivity contribution in [1.82, 2.24) is 14.8 Å². The van der Waals surface area contributed by atoms with Gasteiger partial charge in [-0.3, -0.25) is 14.4 Å². The Morgan fingerprint density at radius 3 is 2.86 bits per heavy atom. The number of aryl methyl sites for hydroxylation is 3. The lowest BCUT2D eigenvalue weighted by atomic mass is 10.2. The summed E-state index contributed by atoms with van der Waals surface area (Å²) in [5.41, 5.74) is 3.76. The highest BCUT2D eigenvalue weighted by Crippen LogP contribution is 2.36. The smallest absolute Gasteiger partial charge is 0.250 e. The molecule has 0 radical (unpaired) electrons. The molecule has 1 atom stereocenters. The van der Waals surface area contributed by atoms with Gasteiger partial charge in [-0.2, -0.15) is 5.10 Å². The molecule has 0 bridgehead atoms. The van der Waals surface area contributed by atoms with E-state index in [0.717, 1.165) is 46.6 Å². The zero-order chi connectivity index (χ0) is 19.8. The molecule has 28 heavy (non-hydrogen) atoms. The highest BCUT2D eigenvalue weighted by atomic mass is 35.5. The number of hydrogen-bond acceptors (Lipinski definition) is 5. The Morgan fingerprint density at radius 2 is 2.21 bits per heavy atom. The van der Waals surface area contributed by atoms with Gasteiger partial charge in [0.25, 0.3) is 5.91 Å². The third-order valence-electron chi connectivity index (χ3n) is 5.02. The first kappa shape index (κ1) is 19.4. The van der Waals surface area contributed by atoms with E-state index in [1.54, 1.807) is 9.58 Å². The molecule has 4 rings (SSSR count). The van der Waals surface area contributed by atoms with Crippen LogP contribution in [0.2, 0.25) is 5.02 Å². The van der Waals surface area contributed by atoms with E-state index in [4.69, 9.17) is 21.3 Å². The summed E-state index contributed by atoms with van der Waals surface area (Å²) in [6.45, 7) is 7.30. The number of thiazole rings is 1. The number of rotatable bonds is 5. The average Bonchev–Trinajstić information content (AvgIpc) is 3.37. The summed E-state index contributed by atoms with van der Waals surface area (Å²) < 4.78 is 8.44. The molecule has 148 valence electrons. The summed E-state index contributed by atoms with van der Waals surface area (Å²) in [5.74, 6) is -0.0467. The zero-order valence-corrected chi connectivity index (χ0v) is 17.8. The van der Waals surface area contributed by atoms with Crippen molar-refractivity contribution in [3.8, 4) is 0 Å². The van der Waals surface area contributed by atoms with E-state index >= 15 is 0 Å². The standard InChI is InChI=1S/C20H23ClN4O2S/c1-12-6-7-16(21)19-18(12)22-20(28-19)24(10-15-5-4-8-27-15)17(26)11-25-14(3)9-13(2)23-25/h6-7,9,15H,4-5,8,10-11H2,1-3H3. The number of ether oxygens (including phenoxy) is 1. The molecule has 2 aromatic heterocycles. The largest absolute Gasteiger partial charge is 0.376 e. The van der Waals surface area contributed by atoms with Crippen LogP contribution in [-0.4, -0.2) is 39.9 Å². The Bertz CT molecular complexity index is 984. The maximum atomic E-state index is 13.3. The molecule has 1 unspecified atom stereocenters. The Balaban J connectivity index is 1.68. The van der Waals surface area contributed by atoms with Crippen molar-refractivity contribution in [3.05, 3.63) is 40.2 Å². The van der Waals surface area contributed by atoms with Gasteiger partial charge in [0.1, 0.15) is 6.54 Å². The number of fused-ring (bicyclic) bond motifs is 1. The van der Waals surface area contributed by atoms with Crippen molar-refractivity contribution >= 4 is 44.2 Å². The fourth-order valence-corrected chi connectivity index (χ4v) is 4.88. The van der Waals surface area contributed by atoms with Crippen LogP contribution in [0, 0.1) is 20.8 Å². The molecule has 1 fully saturated rings. The molecule has 0 N–H and O–H groups in total. The third-order valence-corrected chi connectivity index (χ3v) is 6.56. The molecule has 6 nitrogen and oxygen atoms in total. The van der Waals surface area contributed by atoms with Gasteiger partial charge in [0.2, 0.25) is 0 Å². The van der Waals surface area contributed by atoms with Crippen molar-refractivity contribution in [1.29, 1.82) is 0 Å². The van der Waals surface area contributed by atoms with Crippen LogP contribution >= 0.6 is 22.9 Å². The van der Waals surface area contributed by atoms with Crippen LogP contribution < -0.4 is 4.90 Å². The van der Waals surface area contributed by atoms with Gasteiger partial charge in [-0.25, -0.2) is 4.98 Å². The second-order valence-electron chi connectivity index (χ2n) is 7.26. The fourth-order valence-electron chi connectivity index (χ4n) is 3.53. The van der Waals surface area contributed by atoms with Crippen LogP contribution in [-0.2, 0) is 16.1 Å². The number of nitrogens with zero attached hydrogens (tertiary/aromatic N) is 4. The lowest BCUT2D eigenvalue weighted by Gasteiger charge is -2.23. The molecule has 1 aliphatic heterocycles. The number of benzene rings is 1. The van der Waals surface area contributed by atoms with Crippen LogP contribution in [0.15, 0.2) is 18.2 Å². The molecule has 3 aromatic rings. The van der Waals surface area contributed by atoms with Gasteiger partial charge in [0, 0.05) is 12.3 Å². The average molecular weight is 419 g/mol. The van der Waals surface area contributed by atoms with Crippen LogP contribution in [0.25, 0.3) is 10.2 Å². The minimum atomic E-state index is -0.0467. The second-order valence-corrected chi connectivity index (χ2v) is 8.65. The summed E-state index contributed by atoms with van der Waals surface area (Å²) in [5, 5.41) is 5.75. The number of carbonyl (C=O) groups excluding carboxylic acids is 1. The predicted molar refractivity (Wildman–Crippen MR) is 112 cm³/mol. The van der Waals surface area contributed by atoms with E-state index < -0.39 is 0 Å². The predicted octanol–water partition coefficient (Wildman–Crippen LogP) is 4.28. The molecule has 0 spiro atoms. The number of aromatic nitrogens is 3. The van der Waals surface area contributed by atoms with Gasteiger partial charge in [0.15, 0.2) is 5.13 Å². The minimum Gasteiger partial charge on any atom is -0.376 e. The Hall–Kier alpha value is -1.96. The van der Waals surface area contributed by atoms with Crippen molar-refractivity contribution in [3.63, 3.8) is 0 Å². The maximum Gasteiger partial charge on any atom is 0.250 e. The fraction of sp³-hybridized carbons (Fsp3) is 0.450. The van der Waals surface area contributed by atoms with Crippen molar-refractivity contribution in [2.24, 2.45) is 0 Å². The summed E-state index contributed by atoms with van der Waals surface area (Å²) >= 11 is 7.83. The maximum absolute atomic E-state index is 13.3. The summed E-state index contributed by atoms with van der Waals surface area (Å²) in [7, 11) is 0. The van der Waals surface area contributed by atoms with Gasteiger partial charge in [-0.1, -0.05) is 29.0 Å². The SMILES string of the molecule is Cc1cc(C)n(CC(=O)N(CC2CCCO2)c2nc3c(C)ccc(Cl)c3s2)n1. The molecule has 1 aliphatic rings. The number of anilines is 1. The van der Waals surface area contributed by atoms with Gasteiger partial charge in [-0.15, -0.1) is 0 Å². The number of halogens is 1. The lowest BCUT2D eigenvalue weighted by Crippen LogP contribution is -2.39. The van der Waals surface area contributed by atoms with Crippen molar-refractivity contribution < 1.29 is 9.53 Å². The topological polar surface area (TPSA) is 60.2 Å². The molecular weight excluding hydrogens is 396 g/mol. The van der Waals surface area contributed by atoms with E-state index in [1.165, 1.54) is 11.3 Å². The normalized spacial score (nSPS) is 16.8. The Kier molecular flexibility index (Phi) is 5.40. The number of carbonyl (C=O) groups is 1. The monoisotopic (exact) mass is 418 g/mol. The van der Waals surface area contributed by atoms with E-state index in [9.17, 15) is 4.79 Å².